The average molecular weight is 476 g/mol. The Morgan fingerprint density at radius 1 is 1.09 bits per heavy atom. The van der Waals surface area contributed by atoms with E-state index in [4.69, 9.17) is 4.74 Å². The van der Waals surface area contributed by atoms with Gasteiger partial charge < -0.3 is 25.0 Å². The smallest absolute Gasteiger partial charge is 0.248 e. The van der Waals surface area contributed by atoms with E-state index in [1.165, 1.54) is 51.4 Å². The lowest BCUT2D eigenvalue weighted by molar-refractivity contribution is 0.170. The molecule has 0 bridgehead atoms. The summed E-state index contributed by atoms with van der Waals surface area (Å²) < 4.78 is 6.04. The van der Waals surface area contributed by atoms with Crippen LogP contribution in [0.1, 0.15) is 49.8 Å². The predicted molar refractivity (Wildman–Crippen MR) is 140 cm³/mol. The molecule has 1 saturated heterocycles. The Bertz CT molecular complexity index is 1160. The molecule has 1 aliphatic heterocycles. The van der Waals surface area contributed by atoms with Crippen molar-refractivity contribution in [1.82, 2.24) is 15.2 Å². The topological polar surface area (TPSA) is 77.6 Å². The summed E-state index contributed by atoms with van der Waals surface area (Å²) in [6.07, 6.45) is 4.29. The molecule has 35 heavy (non-hydrogen) atoms. The van der Waals surface area contributed by atoms with Crippen molar-refractivity contribution < 1.29 is 9.84 Å². The van der Waals surface area contributed by atoms with Crippen LogP contribution in [0.3, 0.4) is 0 Å². The molecular formula is C29H37N3O3. The Labute approximate surface area is 207 Å². The fourth-order valence-electron chi connectivity index (χ4n) is 5.91. The number of nitrogens with zero attached hydrogens (tertiary/aromatic N) is 1. The minimum atomic E-state index is -0.659. The molecule has 1 aromatic heterocycles. The van der Waals surface area contributed by atoms with Crippen molar-refractivity contribution in [3.05, 3.63) is 76.1 Å². The highest BCUT2D eigenvalue weighted by Crippen LogP contribution is 2.38. The Morgan fingerprint density at radius 2 is 1.86 bits per heavy atom. The number of hydrogen-bond acceptors (Lipinski definition) is 5. The van der Waals surface area contributed by atoms with E-state index in [2.05, 4.69) is 22.1 Å². The largest absolute Gasteiger partial charge is 0.487 e. The second-order valence-corrected chi connectivity index (χ2v) is 10.3. The molecule has 2 aromatic carbocycles. The van der Waals surface area contributed by atoms with E-state index < -0.39 is 6.10 Å². The maximum atomic E-state index is 12.1. The second-order valence-electron chi connectivity index (χ2n) is 10.3. The zero-order chi connectivity index (χ0) is 24.2. The summed E-state index contributed by atoms with van der Waals surface area (Å²) in [4.78, 5) is 17.6. The Kier molecular flexibility index (Phi) is 7.51. The highest BCUT2D eigenvalue weighted by Gasteiger charge is 2.40. The van der Waals surface area contributed by atoms with Crippen LogP contribution < -0.4 is 15.6 Å². The third-order valence-electron chi connectivity index (χ3n) is 7.74. The summed E-state index contributed by atoms with van der Waals surface area (Å²) in [6, 6.07) is 17.5. The zero-order valence-corrected chi connectivity index (χ0v) is 20.6. The molecule has 0 spiro atoms. The number of fused-ring (bicyclic) bond motifs is 2. The normalized spacial score (nSPS) is 23.0. The van der Waals surface area contributed by atoms with Gasteiger partial charge in [0, 0.05) is 37.1 Å². The summed E-state index contributed by atoms with van der Waals surface area (Å²) in [5.74, 6) is 2.18. The minimum absolute atomic E-state index is 0.183. The van der Waals surface area contributed by atoms with Crippen molar-refractivity contribution in [1.29, 1.82) is 0 Å². The van der Waals surface area contributed by atoms with Gasteiger partial charge in [-0.05, 0) is 60.9 Å². The summed E-state index contributed by atoms with van der Waals surface area (Å²) in [6.45, 7) is 6.87. The number of unbranched alkanes of at least 4 members (excludes halogenated alkanes) is 1. The molecule has 0 unspecified atom stereocenters. The third kappa shape index (κ3) is 5.61. The fraction of sp³-hybridized carbons (Fsp3) is 0.483. The van der Waals surface area contributed by atoms with Crippen LogP contribution in [0, 0.1) is 11.8 Å². The molecule has 6 heteroatoms. The number of likely N-dealkylation sites (tertiary alicyclic amines) is 1. The Morgan fingerprint density at radius 3 is 2.60 bits per heavy atom. The van der Waals surface area contributed by atoms with Gasteiger partial charge in [-0.3, -0.25) is 4.79 Å². The van der Waals surface area contributed by atoms with Crippen molar-refractivity contribution in [2.75, 3.05) is 26.2 Å². The van der Waals surface area contributed by atoms with E-state index in [0.717, 1.165) is 28.3 Å². The van der Waals surface area contributed by atoms with Gasteiger partial charge in [0.15, 0.2) is 0 Å². The van der Waals surface area contributed by atoms with Gasteiger partial charge in [-0.25, -0.2) is 0 Å². The molecule has 6 nitrogen and oxygen atoms in total. The van der Waals surface area contributed by atoms with Crippen LogP contribution in [-0.2, 0) is 6.61 Å². The first kappa shape index (κ1) is 24.0. The van der Waals surface area contributed by atoms with Gasteiger partial charge in [0.1, 0.15) is 12.4 Å². The first-order valence-electron chi connectivity index (χ1n) is 13.1. The number of hydrogen-bond donors (Lipinski definition) is 3. The Hall–Kier alpha value is -2.67. The number of aliphatic hydroxyl groups is 1. The number of aromatic amines is 1. The van der Waals surface area contributed by atoms with E-state index in [9.17, 15) is 9.90 Å². The van der Waals surface area contributed by atoms with Gasteiger partial charge in [-0.1, -0.05) is 49.7 Å². The lowest BCUT2D eigenvalue weighted by Gasteiger charge is -2.21. The summed E-state index contributed by atoms with van der Waals surface area (Å²) in [5.41, 5.74) is 2.31. The van der Waals surface area contributed by atoms with Crippen LogP contribution in [0.15, 0.2) is 59.4 Å². The maximum absolute atomic E-state index is 12.1. The van der Waals surface area contributed by atoms with Gasteiger partial charge in [0.2, 0.25) is 5.56 Å². The summed E-state index contributed by atoms with van der Waals surface area (Å²) in [7, 11) is 0. The number of nitrogens with one attached hydrogen (secondary N) is 2. The number of aromatic nitrogens is 1. The summed E-state index contributed by atoms with van der Waals surface area (Å²) >= 11 is 0. The van der Waals surface area contributed by atoms with Gasteiger partial charge in [0.25, 0.3) is 0 Å². The molecule has 2 heterocycles. The van der Waals surface area contributed by atoms with E-state index in [0.29, 0.717) is 30.5 Å². The van der Waals surface area contributed by atoms with Gasteiger partial charge in [-0.2, -0.15) is 0 Å². The summed E-state index contributed by atoms with van der Waals surface area (Å²) in [5, 5.41) is 15.5. The number of benzene rings is 2. The lowest BCUT2D eigenvalue weighted by Crippen LogP contribution is -2.33. The van der Waals surface area contributed by atoms with Crippen LogP contribution in [0.2, 0.25) is 0 Å². The molecule has 4 atom stereocenters. The molecule has 3 aromatic rings. The maximum Gasteiger partial charge on any atom is 0.248 e. The van der Waals surface area contributed by atoms with Crippen LogP contribution in [0.25, 0.3) is 10.9 Å². The lowest BCUT2D eigenvalue weighted by atomic mass is 10.0. The van der Waals surface area contributed by atoms with Crippen molar-refractivity contribution in [2.45, 2.75) is 51.4 Å². The molecule has 186 valence electrons. The standard InChI is InChI=1S/C29H37N3O3/c1-2-3-13-32-17-21-14-23(15-22(21)18-32)30-16-26(33)24-9-11-27(29-25(24)10-12-28(34)31-29)35-19-20-7-5-4-6-8-20/h4-12,21-23,26,30,33H,2-3,13-19H2,1H3,(H,31,34)/t21-,22+,23+,26-/m0/s1. The highest BCUT2D eigenvalue weighted by atomic mass is 16.5. The molecule has 1 aliphatic carbocycles. The number of pyridine rings is 1. The van der Waals surface area contributed by atoms with Crippen molar-refractivity contribution in [3.63, 3.8) is 0 Å². The number of ether oxygens (including phenoxy) is 1. The zero-order valence-electron chi connectivity index (χ0n) is 20.6. The van der Waals surface area contributed by atoms with E-state index >= 15 is 0 Å². The third-order valence-corrected chi connectivity index (χ3v) is 7.74. The highest BCUT2D eigenvalue weighted by molar-refractivity contribution is 5.87. The van der Waals surface area contributed by atoms with Crippen molar-refractivity contribution in [3.8, 4) is 5.75 Å². The van der Waals surface area contributed by atoms with Gasteiger partial charge in [0.05, 0.1) is 11.6 Å². The van der Waals surface area contributed by atoms with E-state index in [-0.39, 0.29) is 5.56 Å². The monoisotopic (exact) mass is 475 g/mol. The van der Waals surface area contributed by atoms with Gasteiger partial charge in [-0.15, -0.1) is 0 Å². The number of H-pyrrole nitrogens is 1. The number of aliphatic hydroxyl groups excluding tert-OH is 1. The SMILES string of the molecule is CCCCN1C[C@H]2C[C@H](NC[C@H](O)c3ccc(OCc4ccccc4)c4[nH]c(=O)ccc34)C[C@H]2C1. The molecule has 2 aliphatic rings. The van der Waals surface area contributed by atoms with Crippen molar-refractivity contribution in [2.24, 2.45) is 11.8 Å². The molecule has 3 N–H and O–H groups in total. The number of rotatable bonds is 10. The van der Waals surface area contributed by atoms with Gasteiger partial charge >= 0.3 is 0 Å². The Balaban J connectivity index is 1.22. The van der Waals surface area contributed by atoms with Crippen LogP contribution in [-0.4, -0.2) is 47.2 Å². The molecule has 5 rings (SSSR count). The molecule has 0 radical (unpaired) electrons. The first-order chi connectivity index (χ1) is 17.1. The minimum Gasteiger partial charge on any atom is -0.487 e. The van der Waals surface area contributed by atoms with Crippen molar-refractivity contribution >= 4 is 10.9 Å². The molecule has 1 saturated carbocycles. The van der Waals surface area contributed by atoms with Crippen LogP contribution in [0.5, 0.6) is 5.75 Å². The fourth-order valence-corrected chi connectivity index (χ4v) is 5.91. The van der Waals surface area contributed by atoms with Crippen LogP contribution >= 0.6 is 0 Å². The second kappa shape index (κ2) is 10.9. The molecule has 0 amide bonds. The van der Waals surface area contributed by atoms with E-state index in [1.807, 2.05) is 42.5 Å². The quantitative estimate of drug-likeness (QED) is 0.409. The van der Waals surface area contributed by atoms with Crippen LogP contribution in [0.4, 0.5) is 0 Å². The average Bonchev–Trinajstić information content (AvgIpc) is 3.43. The molecule has 2 fully saturated rings. The first-order valence-corrected chi connectivity index (χ1v) is 13.1. The molecular weight excluding hydrogens is 438 g/mol. The predicted octanol–water partition coefficient (Wildman–Crippen LogP) is 4.24. The van der Waals surface area contributed by atoms with E-state index in [1.54, 1.807) is 6.07 Å².